The highest BCUT2D eigenvalue weighted by molar-refractivity contribution is 5.85. The Bertz CT molecular complexity index is 471. The predicted molar refractivity (Wildman–Crippen MR) is 109 cm³/mol. The van der Waals surface area contributed by atoms with Crippen molar-refractivity contribution in [1.82, 2.24) is 0 Å². The van der Waals surface area contributed by atoms with E-state index in [0.717, 1.165) is 36.7 Å². The van der Waals surface area contributed by atoms with Gasteiger partial charge in [0.05, 0.1) is 25.4 Å². The summed E-state index contributed by atoms with van der Waals surface area (Å²) in [5.74, 6) is 1.87. The summed E-state index contributed by atoms with van der Waals surface area (Å²) in [5, 5.41) is 18.5. The summed E-state index contributed by atoms with van der Waals surface area (Å²) in [4.78, 5) is 0. The molecule has 0 atom stereocenters. The van der Waals surface area contributed by atoms with E-state index < -0.39 is 5.54 Å². The van der Waals surface area contributed by atoms with Crippen molar-refractivity contribution >= 4 is 12.4 Å². The highest BCUT2D eigenvalue weighted by Gasteiger charge is 2.22. The molecule has 0 aromatic heterocycles. The van der Waals surface area contributed by atoms with Crippen LogP contribution >= 0.6 is 12.4 Å². The lowest BCUT2D eigenvalue weighted by Crippen LogP contribution is -2.47. The van der Waals surface area contributed by atoms with Crippen molar-refractivity contribution in [2.24, 2.45) is 11.7 Å². The molecule has 0 unspecified atom stereocenters. The summed E-state index contributed by atoms with van der Waals surface area (Å²) in [7, 11) is 0. The Labute approximate surface area is 164 Å². The molecule has 1 saturated carbocycles. The molecule has 0 saturated heterocycles. The van der Waals surface area contributed by atoms with Gasteiger partial charge in [0.1, 0.15) is 5.75 Å². The standard InChI is InChI=1S/C21H35NO3.ClH/c22-21(16-23,17-24)14-13-19-9-11-20(12-10-19)25-15-5-4-8-18-6-2-1-3-7-18;/h9-12,18,23-24H,1-8,13-17,22H2;1H. The molecule has 1 aliphatic carbocycles. The van der Waals surface area contributed by atoms with Crippen LogP contribution in [0.1, 0.15) is 63.4 Å². The van der Waals surface area contributed by atoms with Crippen molar-refractivity contribution in [3.63, 3.8) is 0 Å². The molecular weight excluding hydrogens is 350 g/mol. The van der Waals surface area contributed by atoms with Crippen LogP contribution in [-0.2, 0) is 6.42 Å². The molecule has 0 aliphatic heterocycles. The topological polar surface area (TPSA) is 75.7 Å². The van der Waals surface area contributed by atoms with E-state index >= 15 is 0 Å². The second-order valence-electron chi connectivity index (χ2n) is 7.67. The fraction of sp³-hybridized carbons (Fsp3) is 0.714. The Kier molecular flexibility index (Phi) is 11.2. The molecule has 1 aliphatic rings. The third-order valence-corrected chi connectivity index (χ3v) is 5.46. The van der Waals surface area contributed by atoms with Gasteiger partial charge in [-0.1, -0.05) is 50.7 Å². The molecule has 26 heavy (non-hydrogen) atoms. The van der Waals surface area contributed by atoms with E-state index in [0.29, 0.717) is 6.42 Å². The molecule has 0 spiro atoms. The molecule has 150 valence electrons. The largest absolute Gasteiger partial charge is 0.494 e. The maximum atomic E-state index is 9.23. The van der Waals surface area contributed by atoms with Gasteiger partial charge in [-0.2, -0.15) is 0 Å². The summed E-state index contributed by atoms with van der Waals surface area (Å²) in [6.45, 7) is 0.379. The number of rotatable bonds is 11. The second-order valence-corrected chi connectivity index (χ2v) is 7.67. The average molecular weight is 386 g/mol. The molecule has 4 N–H and O–H groups in total. The smallest absolute Gasteiger partial charge is 0.119 e. The Morgan fingerprint density at radius 3 is 2.27 bits per heavy atom. The van der Waals surface area contributed by atoms with E-state index in [-0.39, 0.29) is 25.6 Å². The monoisotopic (exact) mass is 385 g/mol. The van der Waals surface area contributed by atoms with Crippen LogP contribution in [0.3, 0.4) is 0 Å². The van der Waals surface area contributed by atoms with Gasteiger partial charge in [-0.15, -0.1) is 12.4 Å². The van der Waals surface area contributed by atoms with E-state index in [9.17, 15) is 10.2 Å². The lowest BCUT2D eigenvalue weighted by Gasteiger charge is -2.24. The maximum Gasteiger partial charge on any atom is 0.119 e. The Morgan fingerprint density at radius 2 is 1.65 bits per heavy atom. The molecule has 1 aromatic carbocycles. The number of aliphatic hydroxyl groups is 2. The predicted octanol–water partition coefficient (Wildman–Crippen LogP) is 3.85. The quantitative estimate of drug-likeness (QED) is 0.505. The van der Waals surface area contributed by atoms with Crippen LogP contribution in [0.2, 0.25) is 0 Å². The third kappa shape index (κ3) is 8.26. The van der Waals surface area contributed by atoms with Crippen LogP contribution in [0.5, 0.6) is 5.75 Å². The van der Waals surface area contributed by atoms with Gasteiger partial charge >= 0.3 is 0 Å². The molecular formula is C21H36ClNO3. The van der Waals surface area contributed by atoms with E-state index in [1.165, 1.54) is 44.9 Å². The first kappa shape index (κ1) is 23.2. The Hall–Kier alpha value is -0.810. The maximum absolute atomic E-state index is 9.23. The van der Waals surface area contributed by atoms with E-state index in [1.807, 2.05) is 24.3 Å². The first-order valence-corrected chi connectivity index (χ1v) is 9.87. The van der Waals surface area contributed by atoms with Crippen molar-refractivity contribution in [3.8, 4) is 5.75 Å². The summed E-state index contributed by atoms with van der Waals surface area (Å²) >= 11 is 0. The molecule has 0 radical (unpaired) electrons. The highest BCUT2D eigenvalue weighted by atomic mass is 35.5. The lowest BCUT2D eigenvalue weighted by molar-refractivity contribution is 0.115. The number of nitrogens with two attached hydrogens (primary N) is 1. The molecule has 2 rings (SSSR count). The van der Waals surface area contributed by atoms with Gasteiger partial charge in [0.25, 0.3) is 0 Å². The van der Waals surface area contributed by atoms with Gasteiger partial charge in [-0.3, -0.25) is 0 Å². The first-order chi connectivity index (χ1) is 12.1. The van der Waals surface area contributed by atoms with Crippen LogP contribution in [0.25, 0.3) is 0 Å². The van der Waals surface area contributed by atoms with Crippen LogP contribution in [0.4, 0.5) is 0 Å². The number of hydrogen-bond acceptors (Lipinski definition) is 4. The van der Waals surface area contributed by atoms with Gasteiger partial charge in [0.2, 0.25) is 0 Å². The minimum atomic E-state index is -0.895. The Balaban J connectivity index is 0.00000338. The van der Waals surface area contributed by atoms with Crippen molar-refractivity contribution in [1.29, 1.82) is 0 Å². The lowest BCUT2D eigenvalue weighted by atomic mass is 9.86. The zero-order valence-corrected chi connectivity index (χ0v) is 16.7. The SMILES string of the molecule is Cl.NC(CO)(CO)CCc1ccc(OCCCCC2CCCCC2)cc1. The number of aliphatic hydroxyl groups excluding tert-OH is 2. The zero-order chi connectivity index (χ0) is 18.0. The molecule has 0 amide bonds. The number of benzene rings is 1. The van der Waals surface area contributed by atoms with Gasteiger partial charge in [-0.05, 0) is 49.3 Å². The van der Waals surface area contributed by atoms with Crippen molar-refractivity contribution < 1.29 is 14.9 Å². The minimum Gasteiger partial charge on any atom is -0.494 e. The number of hydrogen-bond donors (Lipinski definition) is 3. The van der Waals surface area contributed by atoms with E-state index in [1.54, 1.807) is 0 Å². The van der Waals surface area contributed by atoms with Gasteiger partial charge in [0, 0.05) is 0 Å². The summed E-state index contributed by atoms with van der Waals surface area (Å²) in [5.41, 5.74) is 6.14. The summed E-state index contributed by atoms with van der Waals surface area (Å²) in [6, 6.07) is 8.05. The third-order valence-electron chi connectivity index (χ3n) is 5.46. The van der Waals surface area contributed by atoms with Crippen LogP contribution in [0.15, 0.2) is 24.3 Å². The van der Waals surface area contributed by atoms with Gasteiger partial charge in [0.15, 0.2) is 0 Å². The first-order valence-electron chi connectivity index (χ1n) is 9.87. The molecule has 5 heteroatoms. The minimum absolute atomic E-state index is 0. The summed E-state index contributed by atoms with van der Waals surface area (Å²) in [6.07, 6.45) is 12.2. The second kappa shape index (κ2) is 12.6. The Morgan fingerprint density at radius 1 is 1.00 bits per heavy atom. The fourth-order valence-electron chi connectivity index (χ4n) is 3.55. The number of ether oxygens (including phenoxy) is 1. The highest BCUT2D eigenvalue weighted by Crippen LogP contribution is 2.27. The van der Waals surface area contributed by atoms with Gasteiger partial charge in [-0.25, -0.2) is 0 Å². The number of unbranched alkanes of at least 4 members (excludes halogenated alkanes) is 1. The molecule has 0 bridgehead atoms. The van der Waals surface area contributed by atoms with Gasteiger partial charge < -0.3 is 20.7 Å². The normalized spacial score (nSPS) is 15.5. The molecule has 1 aromatic rings. The fourth-order valence-corrected chi connectivity index (χ4v) is 3.55. The average Bonchev–Trinajstić information content (AvgIpc) is 2.67. The number of aryl methyl sites for hydroxylation is 1. The molecule has 4 nitrogen and oxygen atoms in total. The zero-order valence-electron chi connectivity index (χ0n) is 15.9. The van der Waals surface area contributed by atoms with E-state index in [2.05, 4.69) is 0 Å². The van der Waals surface area contributed by atoms with E-state index in [4.69, 9.17) is 10.5 Å². The van der Waals surface area contributed by atoms with Crippen LogP contribution < -0.4 is 10.5 Å². The van der Waals surface area contributed by atoms with Crippen LogP contribution in [-0.4, -0.2) is 35.6 Å². The molecule has 1 fully saturated rings. The van der Waals surface area contributed by atoms with Crippen LogP contribution in [0, 0.1) is 5.92 Å². The van der Waals surface area contributed by atoms with Crippen molar-refractivity contribution in [3.05, 3.63) is 29.8 Å². The summed E-state index contributed by atoms with van der Waals surface area (Å²) < 4.78 is 5.83. The molecule has 0 heterocycles. The van der Waals surface area contributed by atoms with Crippen molar-refractivity contribution in [2.45, 2.75) is 69.7 Å². The number of halogens is 1. The van der Waals surface area contributed by atoms with Crippen molar-refractivity contribution in [2.75, 3.05) is 19.8 Å².